The molecule has 2 heteroatoms. The highest BCUT2D eigenvalue weighted by Gasteiger charge is 1.93. The van der Waals surface area contributed by atoms with Crippen LogP contribution in [0, 0.1) is 0 Å². The van der Waals surface area contributed by atoms with Crippen LogP contribution in [0.15, 0.2) is 30.3 Å². The van der Waals surface area contributed by atoms with Gasteiger partial charge in [0.25, 0.3) is 0 Å². The van der Waals surface area contributed by atoms with Gasteiger partial charge in [0.05, 0.1) is 0 Å². The lowest BCUT2D eigenvalue weighted by atomic mass is 10.1. The van der Waals surface area contributed by atoms with Gasteiger partial charge in [-0.05, 0) is 29.9 Å². The molecule has 0 unspecified atom stereocenters. The van der Waals surface area contributed by atoms with Gasteiger partial charge < -0.3 is 4.90 Å². The molecule has 0 aliphatic heterocycles. The highest BCUT2D eigenvalue weighted by Crippen LogP contribution is 2.14. The normalized spacial score (nSPS) is 10.8. The fourth-order valence-corrected chi connectivity index (χ4v) is 1.35. The van der Waals surface area contributed by atoms with E-state index < -0.39 is 0 Å². The molecule has 0 aromatic heterocycles. The van der Waals surface area contributed by atoms with Crippen molar-refractivity contribution < 1.29 is 0 Å². The molecule has 14 heavy (non-hydrogen) atoms. The Hall–Kier alpha value is -0.890. The molecule has 0 radical (unpaired) electrons. The zero-order chi connectivity index (χ0) is 10.4. The highest BCUT2D eigenvalue weighted by atomic mass is 32.1. The second-order valence-electron chi connectivity index (χ2n) is 3.40. The lowest BCUT2D eigenvalue weighted by Gasteiger charge is -2.12. The summed E-state index contributed by atoms with van der Waals surface area (Å²) in [5.41, 5.74) is 2.48. The lowest BCUT2D eigenvalue weighted by Crippen LogP contribution is -2.08. The smallest absolute Gasteiger partial charge is 0.0367 e. The number of hydrogen-bond acceptors (Lipinski definition) is 2. The summed E-state index contributed by atoms with van der Waals surface area (Å²) in [5.74, 6) is 0.907. The van der Waals surface area contributed by atoms with E-state index in [1.807, 2.05) is 0 Å². The number of hydrogen-bond donors (Lipinski definition) is 1. The Balaban J connectivity index is 2.73. The summed E-state index contributed by atoms with van der Waals surface area (Å²) in [6.07, 6.45) is 5.32. The van der Waals surface area contributed by atoms with Gasteiger partial charge in [-0.2, -0.15) is 12.6 Å². The maximum Gasteiger partial charge on any atom is 0.0367 e. The van der Waals surface area contributed by atoms with Gasteiger partial charge in [-0.3, -0.25) is 0 Å². The monoisotopic (exact) mass is 207 g/mol. The Bertz CT molecular complexity index is 305. The van der Waals surface area contributed by atoms with Crippen LogP contribution in [0.5, 0.6) is 0 Å². The average Bonchev–Trinajstić information content (AvgIpc) is 2.19. The van der Waals surface area contributed by atoms with E-state index in [0.717, 1.165) is 12.2 Å². The predicted molar refractivity (Wildman–Crippen MR) is 68.3 cm³/mol. The first-order valence-corrected chi connectivity index (χ1v) is 5.42. The molecule has 0 fully saturated rings. The van der Waals surface area contributed by atoms with E-state index in [1.54, 1.807) is 0 Å². The molecule has 0 bridgehead atoms. The minimum atomic E-state index is 0.907. The molecule has 76 valence electrons. The van der Waals surface area contributed by atoms with E-state index in [2.05, 4.69) is 68.0 Å². The van der Waals surface area contributed by atoms with E-state index in [0.29, 0.717) is 0 Å². The Morgan fingerprint density at radius 1 is 1.36 bits per heavy atom. The predicted octanol–water partition coefficient (Wildman–Crippen LogP) is 3.09. The molecule has 1 aromatic rings. The van der Waals surface area contributed by atoms with Crippen LogP contribution in [0.1, 0.15) is 12.0 Å². The summed E-state index contributed by atoms with van der Waals surface area (Å²) in [5, 5.41) is 0. The summed E-state index contributed by atoms with van der Waals surface area (Å²) in [4.78, 5) is 2.11. The van der Waals surface area contributed by atoms with Crippen molar-refractivity contribution in [3.63, 3.8) is 0 Å². The maximum atomic E-state index is 4.16. The first-order chi connectivity index (χ1) is 6.74. The molecular weight excluding hydrogens is 190 g/mol. The Morgan fingerprint density at radius 2 is 2.14 bits per heavy atom. The molecule has 0 aliphatic carbocycles. The van der Waals surface area contributed by atoms with Crippen LogP contribution in [0.2, 0.25) is 0 Å². The average molecular weight is 207 g/mol. The molecule has 0 atom stereocenters. The topological polar surface area (TPSA) is 3.24 Å². The molecule has 0 N–H and O–H groups in total. The molecule has 0 saturated heterocycles. The fourth-order valence-electron chi connectivity index (χ4n) is 1.20. The second-order valence-corrected chi connectivity index (χ2v) is 3.85. The number of benzene rings is 1. The minimum Gasteiger partial charge on any atom is -0.378 e. The van der Waals surface area contributed by atoms with E-state index in [4.69, 9.17) is 0 Å². The number of nitrogens with zero attached hydrogens (tertiary/aromatic N) is 1. The third-order valence-electron chi connectivity index (χ3n) is 1.99. The Morgan fingerprint density at radius 3 is 2.79 bits per heavy atom. The van der Waals surface area contributed by atoms with Gasteiger partial charge in [0.1, 0.15) is 0 Å². The fraction of sp³-hybridized carbons (Fsp3) is 0.333. The van der Waals surface area contributed by atoms with Crippen molar-refractivity contribution >= 4 is 24.4 Å². The minimum absolute atomic E-state index is 0.907. The number of allylic oxidation sites excluding steroid dienone is 1. The molecule has 0 heterocycles. The number of anilines is 1. The van der Waals surface area contributed by atoms with Crippen molar-refractivity contribution in [2.24, 2.45) is 0 Å². The maximum absolute atomic E-state index is 4.16. The summed E-state index contributed by atoms with van der Waals surface area (Å²) in [6.45, 7) is 0. The first kappa shape index (κ1) is 11.2. The standard InChI is InChI=1S/C12H17NS/c1-13(2)12-8-5-7-11(10-12)6-3-4-9-14/h3,5-8,10,14H,4,9H2,1-2H3. The number of thiol groups is 1. The van der Waals surface area contributed by atoms with Gasteiger partial charge in [0, 0.05) is 19.8 Å². The quantitative estimate of drug-likeness (QED) is 0.743. The van der Waals surface area contributed by atoms with Gasteiger partial charge in [-0.1, -0.05) is 24.3 Å². The number of rotatable bonds is 4. The van der Waals surface area contributed by atoms with Crippen molar-refractivity contribution in [1.29, 1.82) is 0 Å². The largest absolute Gasteiger partial charge is 0.378 e. The Kier molecular flexibility index (Phi) is 4.60. The second kappa shape index (κ2) is 5.76. The summed E-state index contributed by atoms with van der Waals surface area (Å²) >= 11 is 4.16. The molecular formula is C12H17NS. The molecule has 0 saturated carbocycles. The molecule has 1 rings (SSSR count). The third-order valence-corrected chi connectivity index (χ3v) is 2.25. The van der Waals surface area contributed by atoms with Crippen molar-refractivity contribution in [3.8, 4) is 0 Å². The van der Waals surface area contributed by atoms with Crippen molar-refractivity contribution in [1.82, 2.24) is 0 Å². The van der Waals surface area contributed by atoms with E-state index in [1.165, 1.54) is 11.3 Å². The zero-order valence-electron chi connectivity index (χ0n) is 8.77. The van der Waals surface area contributed by atoms with E-state index in [9.17, 15) is 0 Å². The van der Waals surface area contributed by atoms with Gasteiger partial charge in [0.2, 0.25) is 0 Å². The summed E-state index contributed by atoms with van der Waals surface area (Å²) in [6, 6.07) is 8.47. The van der Waals surface area contributed by atoms with Crippen LogP contribution < -0.4 is 4.90 Å². The zero-order valence-corrected chi connectivity index (χ0v) is 9.67. The highest BCUT2D eigenvalue weighted by molar-refractivity contribution is 7.80. The molecule has 0 spiro atoms. The van der Waals surface area contributed by atoms with Gasteiger partial charge >= 0.3 is 0 Å². The molecule has 1 aromatic carbocycles. The third kappa shape index (κ3) is 3.46. The van der Waals surface area contributed by atoms with Crippen molar-refractivity contribution in [2.75, 3.05) is 24.7 Å². The van der Waals surface area contributed by atoms with Crippen molar-refractivity contribution in [2.45, 2.75) is 6.42 Å². The summed E-state index contributed by atoms with van der Waals surface area (Å²) in [7, 11) is 4.10. The van der Waals surface area contributed by atoms with Crippen LogP contribution in [0.4, 0.5) is 5.69 Å². The lowest BCUT2D eigenvalue weighted by molar-refractivity contribution is 1.13. The molecule has 1 nitrogen and oxygen atoms in total. The SMILES string of the molecule is CN(C)c1cccc(C=CCCS)c1. The van der Waals surface area contributed by atoms with E-state index >= 15 is 0 Å². The molecule has 0 amide bonds. The van der Waals surface area contributed by atoms with E-state index in [-0.39, 0.29) is 0 Å². The van der Waals surface area contributed by atoms with Crippen LogP contribution in [-0.4, -0.2) is 19.8 Å². The summed E-state index contributed by atoms with van der Waals surface area (Å²) < 4.78 is 0. The van der Waals surface area contributed by atoms with Crippen LogP contribution in [-0.2, 0) is 0 Å². The van der Waals surface area contributed by atoms with Gasteiger partial charge in [-0.25, -0.2) is 0 Å². The van der Waals surface area contributed by atoms with Crippen LogP contribution >= 0.6 is 12.6 Å². The van der Waals surface area contributed by atoms with Crippen LogP contribution in [0.3, 0.4) is 0 Å². The van der Waals surface area contributed by atoms with Crippen LogP contribution in [0.25, 0.3) is 6.08 Å². The van der Waals surface area contributed by atoms with Crippen molar-refractivity contribution in [3.05, 3.63) is 35.9 Å². The van der Waals surface area contributed by atoms with Gasteiger partial charge in [0.15, 0.2) is 0 Å². The molecule has 0 aliphatic rings. The van der Waals surface area contributed by atoms with Gasteiger partial charge in [-0.15, -0.1) is 0 Å². The first-order valence-electron chi connectivity index (χ1n) is 4.79. The Labute approximate surface area is 91.8 Å².